The Hall–Kier alpha value is -3.85. The summed E-state index contributed by atoms with van der Waals surface area (Å²) in [6.45, 7) is 0. The van der Waals surface area contributed by atoms with Crippen LogP contribution in [0.25, 0.3) is 28.2 Å². The summed E-state index contributed by atoms with van der Waals surface area (Å²) in [5.74, 6) is -1.65. The Kier molecular flexibility index (Phi) is 4.59. The van der Waals surface area contributed by atoms with E-state index in [0.29, 0.717) is 17.0 Å². The molecule has 0 unspecified atom stereocenters. The van der Waals surface area contributed by atoms with Crippen molar-refractivity contribution in [1.82, 2.24) is 24.6 Å². The Morgan fingerprint density at radius 3 is 2.77 bits per heavy atom. The molecule has 0 saturated heterocycles. The molecule has 4 aromatic heterocycles. The van der Waals surface area contributed by atoms with E-state index in [1.165, 1.54) is 41.3 Å². The zero-order valence-electron chi connectivity index (χ0n) is 15.6. The molecule has 0 radical (unpaired) electrons. The van der Waals surface area contributed by atoms with Crippen molar-refractivity contribution in [3.8, 4) is 28.4 Å². The third-order valence-corrected chi connectivity index (χ3v) is 4.88. The maximum Gasteiger partial charge on any atom is 0.219 e. The van der Waals surface area contributed by atoms with Crippen molar-refractivity contribution >= 4 is 17.2 Å². The molecule has 5 rings (SSSR count). The monoisotopic (exact) mass is 439 g/mol. The molecule has 1 N–H and O–H groups in total. The van der Waals surface area contributed by atoms with Gasteiger partial charge in [0.25, 0.3) is 0 Å². The lowest BCUT2D eigenvalue weighted by Crippen LogP contribution is -1.99. The van der Waals surface area contributed by atoms with Gasteiger partial charge in [-0.05, 0) is 30.3 Å². The molecule has 10 heteroatoms. The Labute approximate surface area is 178 Å². The first kappa shape index (κ1) is 19.1. The van der Waals surface area contributed by atoms with Gasteiger partial charge >= 0.3 is 0 Å². The number of imidazole rings is 1. The maximum absolute atomic E-state index is 14.5. The van der Waals surface area contributed by atoms with Crippen LogP contribution in [0.3, 0.4) is 0 Å². The molecule has 4 heterocycles. The zero-order chi connectivity index (χ0) is 21.5. The number of hydrogen-bond acceptors (Lipinski definition) is 6. The molecular weight excluding hydrogens is 428 g/mol. The largest absolute Gasteiger partial charge is 0.493 e. The van der Waals surface area contributed by atoms with Crippen LogP contribution in [0.1, 0.15) is 11.5 Å². The smallest absolute Gasteiger partial charge is 0.219 e. The van der Waals surface area contributed by atoms with Gasteiger partial charge in [0.2, 0.25) is 5.88 Å². The minimum Gasteiger partial charge on any atom is -0.493 e. The summed E-state index contributed by atoms with van der Waals surface area (Å²) in [4.78, 5) is 8.98. The fourth-order valence-electron chi connectivity index (χ4n) is 3.27. The van der Waals surface area contributed by atoms with Gasteiger partial charge in [-0.2, -0.15) is 5.10 Å². The Morgan fingerprint density at radius 1 is 1.13 bits per heavy atom. The highest BCUT2D eigenvalue weighted by molar-refractivity contribution is 6.29. The first-order valence-corrected chi connectivity index (χ1v) is 9.45. The molecule has 0 amide bonds. The van der Waals surface area contributed by atoms with Gasteiger partial charge in [0.1, 0.15) is 17.1 Å². The van der Waals surface area contributed by atoms with Crippen LogP contribution in [0.4, 0.5) is 8.78 Å². The number of halogens is 3. The average molecular weight is 440 g/mol. The van der Waals surface area contributed by atoms with E-state index in [1.54, 1.807) is 12.1 Å². The average Bonchev–Trinajstić information content (AvgIpc) is 3.38. The SMILES string of the molecule is Oc1c(Cc2ccco2)nc2c(-c3cnnc(Cl)c3)nc(-c3cccc(F)c3F)cn12. The molecule has 5 aromatic rings. The van der Waals surface area contributed by atoms with E-state index >= 15 is 0 Å². The zero-order valence-corrected chi connectivity index (χ0v) is 16.4. The minimum atomic E-state index is -1.05. The van der Waals surface area contributed by atoms with Gasteiger partial charge in [-0.15, -0.1) is 5.10 Å². The normalized spacial score (nSPS) is 11.3. The Balaban J connectivity index is 1.78. The summed E-state index contributed by atoms with van der Waals surface area (Å²) in [7, 11) is 0. The summed E-state index contributed by atoms with van der Waals surface area (Å²) >= 11 is 5.98. The number of aromatic hydroxyl groups is 1. The molecule has 0 fully saturated rings. The van der Waals surface area contributed by atoms with Crippen LogP contribution < -0.4 is 0 Å². The Bertz CT molecular complexity index is 1420. The van der Waals surface area contributed by atoms with Crippen molar-refractivity contribution in [1.29, 1.82) is 0 Å². The third kappa shape index (κ3) is 3.38. The van der Waals surface area contributed by atoms with Crippen LogP contribution in [0.2, 0.25) is 5.15 Å². The number of nitrogens with zero attached hydrogens (tertiary/aromatic N) is 5. The lowest BCUT2D eigenvalue weighted by Gasteiger charge is -2.09. The van der Waals surface area contributed by atoms with E-state index in [0.717, 1.165) is 6.07 Å². The highest BCUT2D eigenvalue weighted by Crippen LogP contribution is 2.33. The van der Waals surface area contributed by atoms with E-state index in [2.05, 4.69) is 20.2 Å². The second-order valence-corrected chi connectivity index (χ2v) is 7.06. The van der Waals surface area contributed by atoms with Gasteiger partial charge in [0.05, 0.1) is 24.6 Å². The highest BCUT2D eigenvalue weighted by atomic mass is 35.5. The van der Waals surface area contributed by atoms with Crippen molar-refractivity contribution in [3.63, 3.8) is 0 Å². The topological polar surface area (TPSA) is 89.3 Å². The second kappa shape index (κ2) is 7.44. The summed E-state index contributed by atoms with van der Waals surface area (Å²) in [6, 6.07) is 8.78. The van der Waals surface area contributed by atoms with Gasteiger partial charge in [0, 0.05) is 17.3 Å². The molecule has 0 aliphatic heterocycles. The number of fused-ring (bicyclic) bond motifs is 1. The Morgan fingerprint density at radius 2 is 2.00 bits per heavy atom. The van der Waals surface area contributed by atoms with E-state index < -0.39 is 11.6 Å². The summed E-state index contributed by atoms with van der Waals surface area (Å²) in [5, 5.41) is 18.5. The predicted octanol–water partition coefficient (Wildman–Crippen LogP) is 4.67. The molecule has 0 saturated carbocycles. The highest BCUT2D eigenvalue weighted by Gasteiger charge is 2.21. The lowest BCUT2D eigenvalue weighted by molar-refractivity contribution is 0.438. The molecule has 1 aromatic carbocycles. The molecule has 0 aliphatic carbocycles. The molecule has 154 valence electrons. The molecule has 7 nitrogen and oxygen atoms in total. The first-order chi connectivity index (χ1) is 15.0. The first-order valence-electron chi connectivity index (χ1n) is 9.07. The van der Waals surface area contributed by atoms with Gasteiger partial charge in [-0.25, -0.2) is 18.7 Å². The standard InChI is InChI=1S/C21H12ClF2N5O2/c22-17-7-11(9-25-28-17)19-20-27-15(8-12-3-2-6-31-12)21(30)29(20)10-16(26-19)13-4-1-5-14(23)18(13)24/h1-7,9-10,30H,8H2. The second-order valence-electron chi connectivity index (χ2n) is 6.67. The molecule has 0 bridgehead atoms. The number of aromatic nitrogens is 5. The van der Waals surface area contributed by atoms with Crippen molar-refractivity contribution in [2.75, 3.05) is 0 Å². The lowest BCUT2D eigenvalue weighted by atomic mass is 10.1. The summed E-state index contributed by atoms with van der Waals surface area (Å²) in [5.41, 5.74) is 1.32. The molecule has 0 atom stereocenters. The number of benzene rings is 1. The minimum absolute atomic E-state index is 0.0723. The number of rotatable bonds is 4. The quantitative estimate of drug-likeness (QED) is 0.437. The maximum atomic E-state index is 14.5. The molecular formula is C21H12ClF2N5O2. The van der Waals surface area contributed by atoms with Gasteiger partial charge in [0.15, 0.2) is 22.4 Å². The molecule has 0 aliphatic rings. The van der Waals surface area contributed by atoms with Crippen LogP contribution >= 0.6 is 11.6 Å². The van der Waals surface area contributed by atoms with Gasteiger partial charge < -0.3 is 9.52 Å². The van der Waals surface area contributed by atoms with Crippen LogP contribution in [0.5, 0.6) is 5.88 Å². The van der Waals surface area contributed by atoms with E-state index in [-0.39, 0.29) is 40.1 Å². The van der Waals surface area contributed by atoms with E-state index in [4.69, 9.17) is 16.0 Å². The summed E-state index contributed by atoms with van der Waals surface area (Å²) < 4.78 is 35.0. The molecule has 31 heavy (non-hydrogen) atoms. The third-order valence-electron chi connectivity index (χ3n) is 4.70. The van der Waals surface area contributed by atoms with Crippen LogP contribution in [-0.4, -0.2) is 29.7 Å². The van der Waals surface area contributed by atoms with Crippen molar-refractivity contribution < 1.29 is 18.3 Å². The van der Waals surface area contributed by atoms with Gasteiger partial charge in [-0.3, -0.25) is 4.40 Å². The van der Waals surface area contributed by atoms with Crippen LogP contribution in [-0.2, 0) is 6.42 Å². The summed E-state index contributed by atoms with van der Waals surface area (Å²) in [6.07, 6.45) is 4.54. The molecule has 0 spiro atoms. The van der Waals surface area contributed by atoms with Crippen LogP contribution in [0, 0.1) is 11.6 Å². The van der Waals surface area contributed by atoms with E-state index in [1.807, 2.05) is 0 Å². The van der Waals surface area contributed by atoms with Crippen molar-refractivity contribution in [2.45, 2.75) is 6.42 Å². The van der Waals surface area contributed by atoms with E-state index in [9.17, 15) is 13.9 Å². The predicted molar refractivity (Wildman–Crippen MR) is 108 cm³/mol. The van der Waals surface area contributed by atoms with Crippen LogP contribution in [0.15, 0.2) is 59.5 Å². The fraction of sp³-hybridized carbons (Fsp3) is 0.0476. The number of furan rings is 1. The van der Waals surface area contributed by atoms with Gasteiger partial charge in [-0.1, -0.05) is 17.7 Å². The van der Waals surface area contributed by atoms with Crippen molar-refractivity contribution in [3.05, 3.63) is 83.3 Å². The number of hydrogen-bond donors (Lipinski definition) is 1. The van der Waals surface area contributed by atoms with Crippen molar-refractivity contribution in [2.24, 2.45) is 0 Å². The fourth-order valence-corrected chi connectivity index (χ4v) is 3.44.